The fourth-order valence-corrected chi connectivity index (χ4v) is 6.59. The Morgan fingerprint density at radius 1 is 1.07 bits per heavy atom. The maximum absolute atomic E-state index is 14.2. The molecular formula is C33H37ClFN5O3. The average Bonchev–Trinajstić information content (AvgIpc) is 3.33. The molecule has 2 aliphatic rings. The number of pyridine rings is 1. The van der Waals surface area contributed by atoms with Gasteiger partial charge in [-0.15, -0.1) is 0 Å². The number of ether oxygens (including phenoxy) is 1. The van der Waals surface area contributed by atoms with Gasteiger partial charge in [0.2, 0.25) is 5.88 Å². The van der Waals surface area contributed by atoms with Crippen molar-refractivity contribution < 1.29 is 19.0 Å². The zero-order valence-corrected chi connectivity index (χ0v) is 25.1. The lowest BCUT2D eigenvalue weighted by Gasteiger charge is -2.33. The second-order valence-electron chi connectivity index (χ2n) is 11.9. The van der Waals surface area contributed by atoms with Gasteiger partial charge in [-0.2, -0.15) is 0 Å². The van der Waals surface area contributed by atoms with Gasteiger partial charge in [-0.25, -0.2) is 19.2 Å². The Bertz CT molecular complexity index is 1600. The van der Waals surface area contributed by atoms with Crippen molar-refractivity contribution in [3.05, 3.63) is 88.1 Å². The van der Waals surface area contributed by atoms with Gasteiger partial charge in [0.1, 0.15) is 18.2 Å². The molecule has 0 aliphatic carbocycles. The highest BCUT2D eigenvalue weighted by atomic mass is 35.5. The highest BCUT2D eigenvalue weighted by Gasteiger charge is 2.26. The Labute approximate surface area is 256 Å². The molecule has 1 unspecified atom stereocenters. The van der Waals surface area contributed by atoms with Crippen molar-refractivity contribution in [3.8, 4) is 5.88 Å². The van der Waals surface area contributed by atoms with E-state index in [9.17, 15) is 14.3 Å². The van der Waals surface area contributed by atoms with E-state index in [1.165, 1.54) is 12.5 Å². The summed E-state index contributed by atoms with van der Waals surface area (Å²) < 4.78 is 22.3. The smallest absolute Gasteiger partial charge is 0.335 e. The van der Waals surface area contributed by atoms with Crippen LogP contribution in [0.3, 0.4) is 0 Å². The minimum Gasteiger partial charge on any atom is -0.478 e. The molecule has 43 heavy (non-hydrogen) atoms. The summed E-state index contributed by atoms with van der Waals surface area (Å²) in [5.41, 5.74) is 3.46. The number of likely N-dealkylation sites (tertiary alicyclic amines) is 2. The molecule has 226 valence electrons. The highest BCUT2D eigenvalue weighted by molar-refractivity contribution is 6.30. The normalized spacial score (nSPS) is 18.7. The number of halogens is 2. The van der Waals surface area contributed by atoms with Gasteiger partial charge in [0.15, 0.2) is 0 Å². The van der Waals surface area contributed by atoms with Gasteiger partial charge in [-0.1, -0.05) is 23.7 Å². The monoisotopic (exact) mass is 605 g/mol. The summed E-state index contributed by atoms with van der Waals surface area (Å²) in [6.45, 7) is 5.61. The third-order valence-corrected chi connectivity index (χ3v) is 8.98. The number of imidazole rings is 1. The Balaban J connectivity index is 1.12. The predicted octanol–water partition coefficient (Wildman–Crippen LogP) is 6.22. The number of fused-ring (bicyclic) bond motifs is 1. The van der Waals surface area contributed by atoms with Gasteiger partial charge in [0.05, 0.1) is 23.1 Å². The van der Waals surface area contributed by atoms with E-state index in [0.29, 0.717) is 33.9 Å². The van der Waals surface area contributed by atoms with Crippen LogP contribution in [0, 0.1) is 11.7 Å². The molecule has 8 nitrogen and oxygen atoms in total. The number of nitrogens with zero attached hydrogens (tertiary/aromatic N) is 5. The zero-order chi connectivity index (χ0) is 29.9. The minimum atomic E-state index is -0.920. The number of aromatic nitrogens is 3. The number of rotatable bonds is 9. The van der Waals surface area contributed by atoms with Crippen molar-refractivity contribution in [1.82, 2.24) is 24.3 Å². The van der Waals surface area contributed by atoms with Crippen LogP contribution < -0.4 is 4.74 Å². The standard InChI is InChI=1S/C33H37ClFN5O3/c1-38-13-3-4-22(18-38)19-40-30-16-24(33(41)42)8-10-29(30)36-31(40)20-39-14-11-23(12-15-39)28-5-2-6-32(37-28)43-21-25-7-9-26(34)17-27(25)35/h2,5-10,16-17,22-23H,3-4,11-15,18-21H2,1H3,(H,41,42). The first kappa shape index (κ1) is 29.5. The molecular weight excluding hydrogens is 569 g/mol. The van der Waals surface area contributed by atoms with Crippen LogP contribution in [0.25, 0.3) is 11.0 Å². The van der Waals surface area contributed by atoms with Crippen LogP contribution in [-0.4, -0.2) is 68.6 Å². The SMILES string of the molecule is CN1CCCC(Cn2c(CN3CCC(c4cccc(OCc5ccc(Cl)cc5F)n4)CC3)nc3ccc(C(=O)O)cc32)C1. The summed E-state index contributed by atoms with van der Waals surface area (Å²) >= 11 is 5.86. The van der Waals surface area contributed by atoms with Gasteiger partial charge in [-0.3, -0.25) is 4.90 Å². The van der Waals surface area contributed by atoms with Crippen LogP contribution in [0.1, 0.15) is 59.0 Å². The topological polar surface area (TPSA) is 83.7 Å². The largest absolute Gasteiger partial charge is 0.478 e. The molecule has 0 amide bonds. The lowest BCUT2D eigenvalue weighted by molar-refractivity contribution is 0.0697. The van der Waals surface area contributed by atoms with Gasteiger partial charge < -0.3 is 19.3 Å². The molecule has 2 aromatic heterocycles. The Morgan fingerprint density at radius 2 is 1.91 bits per heavy atom. The summed E-state index contributed by atoms with van der Waals surface area (Å²) in [5.74, 6) is 0.978. The van der Waals surface area contributed by atoms with Gasteiger partial charge >= 0.3 is 5.97 Å². The van der Waals surface area contributed by atoms with Gasteiger partial charge in [0, 0.05) is 41.4 Å². The molecule has 6 rings (SSSR count). The van der Waals surface area contributed by atoms with E-state index in [0.717, 1.165) is 81.1 Å². The number of hydrogen-bond donors (Lipinski definition) is 1. The summed E-state index contributed by atoms with van der Waals surface area (Å²) in [5, 5.41) is 9.98. The van der Waals surface area contributed by atoms with Crippen molar-refractivity contribution in [2.75, 3.05) is 33.2 Å². The number of benzene rings is 2. The maximum atomic E-state index is 14.2. The molecule has 2 aliphatic heterocycles. The summed E-state index contributed by atoms with van der Waals surface area (Å²) in [7, 11) is 2.17. The van der Waals surface area contributed by atoms with Crippen LogP contribution in [0.15, 0.2) is 54.6 Å². The molecule has 0 bridgehead atoms. The Kier molecular flexibility index (Phi) is 8.93. The minimum absolute atomic E-state index is 0.0873. The molecule has 10 heteroatoms. The van der Waals surface area contributed by atoms with Crippen LogP contribution in [-0.2, 0) is 19.7 Å². The van der Waals surface area contributed by atoms with E-state index < -0.39 is 11.8 Å². The van der Waals surface area contributed by atoms with Crippen molar-refractivity contribution in [2.24, 2.45) is 5.92 Å². The van der Waals surface area contributed by atoms with Crippen LogP contribution in [0.5, 0.6) is 5.88 Å². The number of hydrogen-bond acceptors (Lipinski definition) is 6. The lowest BCUT2D eigenvalue weighted by atomic mass is 9.93. The quantitative estimate of drug-likeness (QED) is 0.242. The first-order valence-corrected chi connectivity index (χ1v) is 15.4. The van der Waals surface area contributed by atoms with E-state index in [2.05, 4.69) is 21.4 Å². The van der Waals surface area contributed by atoms with E-state index in [-0.39, 0.29) is 6.61 Å². The first-order chi connectivity index (χ1) is 20.8. The molecule has 0 saturated carbocycles. The van der Waals surface area contributed by atoms with Crippen LogP contribution in [0.2, 0.25) is 5.02 Å². The number of carbonyl (C=O) groups is 1. The number of piperidine rings is 2. The summed E-state index contributed by atoms with van der Waals surface area (Å²) in [4.78, 5) is 26.3. The zero-order valence-electron chi connectivity index (χ0n) is 24.4. The third-order valence-electron chi connectivity index (χ3n) is 8.74. The third kappa shape index (κ3) is 7.00. The molecule has 2 saturated heterocycles. The van der Waals surface area contributed by atoms with Crippen molar-refractivity contribution in [3.63, 3.8) is 0 Å². The molecule has 4 aromatic rings. The number of carboxylic acids is 1. The molecule has 0 radical (unpaired) electrons. The lowest BCUT2D eigenvalue weighted by Crippen LogP contribution is -2.36. The molecule has 0 spiro atoms. The average molecular weight is 606 g/mol. The first-order valence-electron chi connectivity index (χ1n) is 15.0. The van der Waals surface area contributed by atoms with Crippen molar-refractivity contribution in [1.29, 1.82) is 0 Å². The molecule has 4 heterocycles. The van der Waals surface area contributed by atoms with Crippen LogP contribution >= 0.6 is 11.6 Å². The van der Waals surface area contributed by atoms with Crippen molar-refractivity contribution >= 4 is 28.6 Å². The molecule has 1 atom stereocenters. The van der Waals surface area contributed by atoms with Gasteiger partial charge in [-0.05, 0) is 94.7 Å². The van der Waals surface area contributed by atoms with E-state index in [1.807, 2.05) is 18.2 Å². The predicted molar refractivity (Wildman–Crippen MR) is 164 cm³/mol. The number of carboxylic acid groups (broad SMARTS) is 1. The van der Waals surface area contributed by atoms with E-state index in [4.69, 9.17) is 26.3 Å². The second-order valence-corrected chi connectivity index (χ2v) is 12.3. The second kappa shape index (κ2) is 13.0. The van der Waals surface area contributed by atoms with Gasteiger partial charge in [0.25, 0.3) is 0 Å². The fourth-order valence-electron chi connectivity index (χ4n) is 6.43. The molecule has 1 N–H and O–H groups in total. The number of aromatic carboxylic acids is 1. The van der Waals surface area contributed by atoms with E-state index >= 15 is 0 Å². The Morgan fingerprint density at radius 3 is 2.67 bits per heavy atom. The summed E-state index contributed by atoms with van der Waals surface area (Å²) in [6.07, 6.45) is 4.26. The van der Waals surface area contributed by atoms with E-state index in [1.54, 1.807) is 30.3 Å². The highest BCUT2D eigenvalue weighted by Crippen LogP contribution is 2.30. The van der Waals surface area contributed by atoms with Crippen LogP contribution in [0.4, 0.5) is 4.39 Å². The molecule has 2 fully saturated rings. The fraction of sp³-hybridized carbons (Fsp3) is 0.424. The van der Waals surface area contributed by atoms with Crippen molar-refractivity contribution in [2.45, 2.75) is 51.3 Å². The maximum Gasteiger partial charge on any atom is 0.335 e. The Hall–Kier alpha value is -3.53. The summed E-state index contributed by atoms with van der Waals surface area (Å²) in [6, 6.07) is 15.6. The molecule has 2 aromatic carbocycles.